The first-order chi connectivity index (χ1) is 12.3. The number of benzene rings is 2. The Kier molecular flexibility index (Phi) is 4.68. The van der Waals surface area contributed by atoms with Gasteiger partial charge in [-0.1, -0.05) is 48.0 Å². The molecule has 0 spiro atoms. The fourth-order valence-corrected chi connectivity index (χ4v) is 3.30. The van der Waals surface area contributed by atoms with Crippen LogP contribution in [-0.4, -0.2) is 46.3 Å². The summed E-state index contributed by atoms with van der Waals surface area (Å²) in [4.78, 5) is 8.94. The number of nitrogens with zero attached hydrogens (tertiary/aromatic N) is 4. The second-order valence-corrected chi connectivity index (χ2v) is 6.71. The molecule has 1 aliphatic heterocycles. The molecule has 0 unspecified atom stereocenters. The predicted molar refractivity (Wildman–Crippen MR) is 101 cm³/mol. The lowest BCUT2D eigenvalue weighted by molar-refractivity contribution is 0.249. The highest BCUT2D eigenvalue weighted by atomic mass is 35.5. The molecule has 6 heteroatoms. The van der Waals surface area contributed by atoms with Crippen LogP contribution in [0.4, 0.5) is 5.95 Å². The van der Waals surface area contributed by atoms with E-state index in [1.807, 2.05) is 12.1 Å². The summed E-state index contributed by atoms with van der Waals surface area (Å²) >= 11 is 5.96. The van der Waals surface area contributed by atoms with E-state index in [-0.39, 0.29) is 0 Å². The monoisotopic (exact) mass is 353 g/mol. The van der Waals surface area contributed by atoms with Gasteiger partial charge in [0.1, 0.15) is 6.33 Å². The Bertz CT molecular complexity index is 791. The van der Waals surface area contributed by atoms with Gasteiger partial charge in [0.05, 0.1) is 0 Å². The molecule has 2 aromatic carbocycles. The predicted octanol–water partition coefficient (Wildman–Crippen LogP) is 3.45. The Morgan fingerprint density at radius 2 is 1.52 bits per heavy atom. The van der Waals surface area contributed by atoms with E-state index in [1.165, 1.54) is 16.7 Å². The molecule has 1 aliphatic rings. The molecule has 1 N–H and O–H groups in total. The molecule has 0 aliphatic carbocycles. The van der Waals surface area contributed by atoms with E-state index in [9.17, 15) is 0 Å². The first-order valence-corrected chi connectivity index (χ1v) is 8.83. The van der Waals surface area contributed by atoms with Crippen LogP contribution in [0.2, 0.25) is 5.02 Å². The molecule has 0 amide bonds. The normalized spacial score (nSPS) is 15.5. The summed E-state index contributed by atoms with van der Waals surface area (Å²) in [6, 6.07) is 16.8. The van der Waals surface area contributed by atoms with Crippen LogP contribution in [0.25, 0.3) is 11.1 Å². The number of hydrogen-bond acceptors (Lipinski definition) is 4. The van der Waals surface area contributed by atoms with Gasteiger partial charge in [0.15, 0.2) is 0 Å². The van der Waals surface area contributed by atoms with E-state index < -0.39 is 0 Å². The van der Waals surface area contributed by atoms with E-state index in [2.05, 4.69) is 61.4 Å². The molecule has 0 radical (unpaired) electrons. The van der Waals surface area contributed by atoms with Crippen molar-refractivity contribution in [2.24, 2.45) is 0 Å². The van der Waals surface area contributed by atoms with Crippen LogP contribution in [0.1, 0.15) is 5.56 Å². The lowest BCUT2D eigenvalue weighted by Gasteiger charge is -2.34. The Morgan fingerprint density at radius 1 is 0.880 bits per heavy atom. The number of H-pyrrole nitrogens is 1. The van der Waals surface area contributed by atoms with Crippen molar-refractivity contribution >= 4 is 17.5 Å². The maximum Gasteiger partial charge on any atom is 0.221 e. The maximum atomic E-state index is 5.96. The van der Waals surface area contributed by atoms with E-state index in [0.717, 1.165) is 43.7 Å². The van der Waals surface area contributed by atoms with Crippen molar-refractivity contribution in [3.05, 3.63) is 65.4 Å². The minimum absolute atomic E-state index is 0.768. The minimum atomic E-state index is 0.768. The maximum absolute atomic E-state index is 5.96. The summed E-state index contributed by atoms with van der Waals surface area (Å²) in [6.07, 6.45) is 1.56. The van der Waals surface area contributed by atoms with Crippen molar-refractivity contribution in [2.45, 2.75) is 6.54 Å². The molecule has 128 valence electrons. The third-order valence-electron chi connectivity index (χ3n) is 4.61. The van der Waals surface area contributed by atoms with Crippen molar-refractivity contribution < 1.29 is 0 Å². The zero-order valence-corrected chi connectivity index (χ0v) is 14.7. The van der Waals surface area contributed by atoms with E-state index >= 15 is 0 Å². The Balaban J connectivity index is 1.35. The van der Waals surface area contributed by atoms with Crippen LogP contribution >= 0.6 is 11.6 Å². The molecule has 4 rings (SSSR count). The van der Waals surface area contributed by atoms with Gasteiger partial charge < -0.3 is 4.90 Å². The van der Waals surface area contributed by atoms with Gasteiger partial charge in [-0.15, -0.1) is 0 Å². The second kappa shape index (κ2) is 7.25. The largest absolute Gasteiger partial charge is 0.339 e. The molecule has 3 aromatic rings. The molecular formula is C19H20ClN5. The molecule has 2 heterocycles. The summed E-state index contributed by atoms with van der Waals surface area (Å²) in [5.41, 5.74) is 3.75. The van der Waals surface area contributed by atoms with Crippen LogP contribution in [0.3, 0.4) is 0 Å². The number of anilines is 1. The van der Waals surface area contributed by atoms with Crippen molar-refractivity contribution in [1.29, 1.82) is 0 Å². The van der Waals surface area contributed by atoms with Crippen LogP contribution in [-0.2, 0) is 6.54 Å². The second-order valence-electron chi connectivity index (χ2n) is 6.28. The molecular weight excluding hydrogens is 334 g/mol. The van der Waals surface area contributed by atoms with E-state index in [4.69, 9.17) is 11.6 Å². The Hall–Kier alpha value is -2.37. The van der Waals surface area contributed by atoms with Gasteiger partial charge >= 0.3 is 0 Å². The average Bonchev–Trinajstić information content (AvgIpc) is 3.19. The first-order valence-electron chi connectivity index (χ1n) is 8.45. The number of aromatic nitrogens is 3. The van der Waals surface area contributed by atoms with Gasteiger partial charge in [-0.2, -0.15) is 10.1 Å². The number of hydrogen-bond donors (Lipinski definition) is 1. The number of aromatic amines is 1. The zero-order chi connectivity index (χ0) is 17.1. The van der Waals surface area contributed by atoms with Crippen molar-refractivity contribution in [2.75, 3.05) is 31.1 Å². The smallest absolute Gasteiger partial charge is 0.221 e. The standard InChI is InChI=1S/C19H20ClN5/c20-18-7-5-17(6-8-18)16-3-1-15(2-4-16)13-24-9-11-25(12-10-24)19-21-14-22-23-19/h1-8,14H,9-13H2,(H,21,22,23). The molecule has 25 heavy (non-hydrogen) atoms. The number of halogens is 1. The van der Waals surface area contributed by atoms with Crippen molar-refractivity contribution in [3.63, 3.8) is 0 Å². The molecule has 1 aromatic heterocycles. The highest BCUT2D eigenvalue weighted by Crippen LogP contribution is 2.22. The SMILES string of the molecule is Clc1ccc(-c2ccc(CN3CCN(c4ncn[nH]4)CC3)cc2)cc1. The number of piperazine rings is 1. The highest BCUT2D eigenvalue weighted by molar-refractivity contribution is 6.30. The highest BCUT2D eigenvalue weighted by Gasteiger charge is 2.18. The topological polar surface area (TPSA) is 48.1 Å². The van der Waals surface area contributed by atoms with Gasteiger partial charge in [-0.05, 0) is 28.8 Å². The lowest BCUT2D eigenvalue weighted by Crippen LogP contribution is -2.46. The first kappa shape index (κ1) is 16.1. The molecule has 1 fully saturated rings. The number of rotatable bonds is 4. The molecule has 0 atom stereocenters. The van der Waals surface area contributed by atoms with Crippen LogP contribution in [0.5, 0.6) is 0 Å². The van der Waals surface area contributed by atoms with Gasteiger partial charge in [-0.25, -0.2) is 5.10 Å². The fraction of sp³-hybridized carbons (Fsp3) is 0.263. The van der Waals surface area contributed by atoms with Gasteiger partial charge in [0, 0.05) is 37.7 Å². The van der Waals surface area contributed by atoms with Gasteiger partial charge in [-0.3, -0.25) is 4.90 Å². The quantitative estimate of drug-likeness (QED) is 0.780. The lowest BCUT2D eigenvalue weighted by atomic mass is 10.0. The van der Waals surface area contributed by atoms with Crippen molar-refractivity contribution in [1.82, 2.24) is 20.1 Å². The van der Waals surface area contributed by atoms with Gasteiger partial charge in [0.2, 0.25) is 5.95 Å². The summed E-state index contributed by atoms with van der Waals surface area (Å²) in [5.74, 6) is 0.868. The molecule has 5 nitrogen and oxygen atoms in total. The van der Waals surface area contributed by atoms with E-state index in [0.29, 0.717) is 0 Å². The Morgan fingerprint density at radius 3 is 2.12 bits per heavy atom. The van der Waals surface area contributed by atoms with Crippen LogP contribution in [0.15, 0.2) is 54.9 Å². The molecule has 0 saturated carbocycles. The number of nitrogens with one attached hydrogen (secondary N) is 1. The summed E-state index contributed by atoms with van der Waals surface area (Å²) in [5, 5.41) is 7.63. The Labute approximate surface area is 152 Å². The zero-order valence-electron chi connectivity index (χ0n) is 13.9. The fourth-order valence-electron chi connectivity index (χ4n) is 3.17. The third kappa shape index (κ3) is 3.83. The van der Waals surface area contributed by atoms with E-state index in [1.54, 1.807) is 6.33 Å². The van der Waals surface area contributed by atoms with Crippen LogP contribution < -0.4 is 4.90 Å². The average molecular weight is 354 g/mol. The van der Waals surface area contributed by atoms with Gasteiger partial charge in [0.25, 0.3) is 0 Å². The van der Waals surface area contributed by atoms with Crippen molar-refractivity contribution in [3.8, 4) is 11.1 Å². The summed E-state index contributed by atoms with van der Waals surface area (Å²) in [7, 11) is 0. The molecule has 1 saturated heterocycles. The third-order valence-corrected chi connectivity index (χ3v) is 4.86. The summed E-state index contributed by atoms with van der Waals surface area (Å²) in [6.45, 7) is 4.97. The minimum Gasteiger partial charge on any atom is -0.339 e. The summed E-state index contributed by atoms with van der Waals surface area (Å²) < 4.78 is 0. The molecule has 0 bridgehead atoms. The van der Waals surface area contributed by atoms with Crippen LogP contribution in [0, 0.1) is 0 Å².